The normalized spacial score (nSPS) is 10.4. The van der Waals surface area contributed by atoms with E-state index in [1.807, 2.05) is 62.4 Å². The molecule has 0 atom stereocenters. The van der Waals surface area contributed by atoms with Crippen molar-refractivity contribution in [3.8, 4) is 11.6 Å². The molecule has 3 rings (SSSR count). The molecule has 0 aliphatic carbocycles. The number of nitrogens with zero attached hydrogens (tertiary/aromatic N) is 2. The third kappa shape index (κ3) is 3.49. The number of carbonyl (C=O) groups is 1. The van der Waals surface area contributed by atoms with Crippen LogP contribution in [0.25, 0.3) is 0 Å². The molecule has 4 nitrogen and oxygen atoms in total. The van der Waals surface area contributed by atoms with Crippen LogP contribution in [0.2, 0.25) is 0 Å². The van der Waals surface area contributed by atoms with Crippen LogP contribution in [0.1, 0.15) is 21.5 Å². The summed E-state index contributed by atoms with van der Waals surface area (Å²) < 4.78 is 7.77. The fraction of sp³-hybridized carbons (Fsp3) is 0.150. The van der Waals surface area contributed by atoms with Crippen LogP contribution in [-0.2, 0) is 6.54 Å². The van der Waals surface area contributed by atoms with Crippen molar-refractivity contribution in [1.82, 2.24) is 4.98 Å². The monoisotopic (exact) mass is 319 g/mol. The molecule has 0 aliphatic rings. The molecule has 4 heteroatoms. The molecule has 1 heterocycles. The number of aryl methyl sites for hydroxylation is 1. The molecule has 0 fully saturated rings. The van der Waals surface area contributed by atoms with Gasteiger partial charge in [0, 0.05) is 5.56 Å². The van der Waals surface area contributed by atoms with Gasteiger partial charge in [-0.15, -0.1) is 0 Å². The van der Waals surface area contributed by atoms with E-state index in [2.05, 4.69) is 4.98 Å². The quantitative estimate of drug-likeness (QED) is 0.532. The molecule has 24 heavy (non-hydrogen) atoms. The van der Waals surface area contributed by atoms with Crippen molar-refractivity contribution in [2.24, 2.45) is 0 Å². The minimum atomic E-state index is 0.0256. The first-order chi connectivity index (χ1) is 11.6. The predicted octanol–water partition coefficient (Wildman–Crippen LogP) is 3.66. The number of Topliss-reactive ketones (excluding diaryl/α,β-unsaturated/α-hetero) is 1. The summed E-state index contributed by atoms with van der Waals surface area (Å²) in [5.41, 5.74) is 2.91. The molecular weight excluding hydrogens is 300 g/mol. The lowest BCUT2D eigenvalue weighted by molar-refractivity contribution is -0.687. The maximum absolute atomic E-state index is 12.4. The molecule has 0 amide bonds. The van der Waals surface area contributed by atoms with Crippen molar-refractivity contribution < 1.29 is 14.1 Å². The molecule has 0 N–H and O–H groups in total. The first-order valence-corrected chi connectivity index (χ1v) is 7.81. The minimum absolute atomic E-state index is 0.0256. The number of ketones is 1. The van der Waals surface area contributed by atoms with Crippen LogP contribution in [0.15, 0.2) is 67.1 Å². The summed E-state index contributed by atoms with van der Waals surface area (Å²) >= 11 is 0. The Labute approximate surface area is 141 Å². The van der Waals surface area contributed by atoms with E-state index >= 15 is 0 Å². The average molecular weight is 319 g/mol. The Hall–Kier alpha value is -3.01. The second-order valence-electron chi connectivity index (χ2n) is 5.63. The summed E-state index contributed by atoms with van der Waals surface area (Å²) in [6, 6.07) is 15.1. The molecule has 0 spiro atoms. The lowest BCUT2D eigenvalue weighted by Gasteiger charge is -2.09. The Morgan fingerprint density at radius 3 is 2.67 bits per heavy atom. The van der Waals surface area contributed by atoms with Crippen molar-refractivity contribution in [3.05, 3.63) is 83.8 Å². The van der Waals surface area contributed by atoms with Gasteiger partial charge >= 0.3 is 5.88 Å². The summed E-state index contributed by atoms with van der Waals surface area (Å²) in [7, 11) is 0. The van der Waals surface area contributed by atoms with E-state index in [0.29, 0.717) is 11.4 Å². The SMILES string of the molecule is Cc1cccc(Oc2cncc[n+]2CC(=O)c2ccccc2)c1C. The van der Waals surface area contributed by atoms with E-state index in [9.17, 15) is 4.79 Å². The topological polar surface area (TPSA) is 43.1 Å². The van der Waals surface area contributed by atoms with Crippen LogP contribution in [0.5, 0.6) is 11.6 Å². The maximum Gasteiger partial charge on any atom is 0.392 e. The highest BCUT2D eigenvalue weighted by Crippen LogP contribution is 2.24. The summed E-state index contributed by atoms with van der Waals surface area (Å²) in [6.07, 6.45) is 5.02. The zero-order chi connectivity index (χ0) is 16.9. The van der Waals surface area contributed by atoms with Gasteiger partial charge in [-0.1, -0.05) is 42.5 Å². The molecule has 0 bridgehead atoms. The molecule has 3 aromatic rings. The van der Waals surface area contributed by atoms with Gasteiger partial charge in [-0.2, -0.15) is 4.57 Å². The van der Waals surface area contributed by atoms with Gasteiger partial charge in [0.2, 0.25) is 12.3 Å². The van der Waals surface area contributed by atoms with Crippen LogP contribution < -0.4 is 9.30 Å². The van der Waals surface area contributed by atoms with Crippen LogP contribution in [0.3, 0.4) is 0 Å². The predicted molar refractivity (Wildman–Crippen MR) is 91.2 cm³/mol. The summed E-state index contributed by atoms with van der Waals surface area (Å²) in [6.45, 7) is 4.26. The van der Waals surface area contributed by atoms with Crippen molar-refractivity contribution >= 4 is 5.78 Å². The van der Waals surface area contributed by atoms with Crippen LogP contribution in [0, 0.1) is 13.8 Å². The minimum Gasteiger partial charge on any atom is -0.404 e. The van der Waals surface area contributed by atoms with Crippen molar-refractivity contribution in [2.75, 3.05) is 0 Å². The van der Waals surface area contributed by atoms with E-state index in [4.69, 9.17) is 4.74 Å². The highest BCUT2D eigenvalue weighted by Gasteiger charge is 2.19. The smallest absolute Gasteiger partial charge is 0.392 e. The summed E-state index contributed by atoms with van der Waals surface area (Å²) in [5.74, 6) is 1.33. The second kappa shape index (κ2) is 7.04. The Morgan fingerprint density at radius 2 is 1.88 bits per heavy atom. The molecule has 1 aromatic heterocycles. The van der Waals surface area contributed by atoms with Crippen molar-refractivity contribution in [3.63, 3.8) is 0 Å². The number of benzene rings is 2. The molecule has 0 radical (unpaired) electrons. The van der Waals surface area contributed by atoms with Gasteiger partial charge in [0.1, 0.15) is 11.9 Å². The number of carbonyl (C=O) groups excluding carboxylic acids is 1. The van der Waals surface area contributed by atoms with Gasteiger partial charge in [0.15, 0.2) is 6.20 Å². The molecule has 0 unspecified atom stereocenters. The fourth-order valence-electron chi connectivity index (χ4n) is 2.41. The van der Waals surface area contributed by atoms with E-state index in [0.717, 1.165) is 16.9 Å². The van der Waals surface area contributed by atoms with Crippen LogP contribution in [0.4, 0.5) is 0 Å². The van der Waals surface area contributed by atoms with Crippen molar-refractivity contribution in [2.45, 2.75) is 20.4 Å². The first-order valence-electron chi connectivity index (χ1n) is 7.81. The van der Waals surface area contributed by atoms with E-state index in [1.54, 1.807) is 23.2 Å². The Balaban J connectivity index is 1.86. The van der Waals surface area contributed by atoms with Gasteiger partial charge in [0.25, 0.3) is 0 Å². The summed E-state index contributed by atoms with van der Waals surface area (Å²) in [4.78, 5) is 16.6. The maximum atomic E-state index is 12.4. The zero-order valence-corrected chi connectivity index (χ0v) is 13.8. The van der Waals surface area contributed by atoms with Crippen molar-refractivity contribution in [1.29, 1.82) is 0 Å². The van der Waals surface area contributed by atoms with E-state index in [-0.39, 0.29) is 12.3 Å². The third-order valence-corrected chi connectivity index (χ3v) is 3.98. The zero-order valence-electron chi connectivity index (χ0n) is 13.8. The molecule has 0 saturated heterocycles. The highest BCUT2D eigenvalue weighted by atomic mass is 16.5. The Kier molecular flexibility index (Phi) is 4.66. The van der Waals surface area contributed by atoms with Crippen LogP contribution in [-0.4, -0.2) is 10.8 Å². The second-order valence-corrected chi connectivity index (χ2v) is 5.63. The van der Waals surface area contributed by atoms with Gasteiger partial charge in [-0.3, -0.25) is 4.79 Å². The third-order valence-electron chi connectivity index (χ3n) is 3.98. The summed E-state index contributed by atoms with van der Waals surface area (Å²) in [5, 5.41) is 0. The lowest BCUT2D eigenvalue weighted by Crippen LogP contribution is -2.39. The number of hydrogen-bond donors (Lipinski definition) is 0. The molecule has 0 aliphatic heterocycles. The number of rotatable bonds is 5. The van der Waals surface area contributed by atoms with E-state index < -0.39 is 0 Å². The largest absolute Gasteiger partial charge is 0.404 e. The molecule has 120 valence electrons. The van der Waals surface area contributed by atoms with Gasteiger partial charge in [0.05, 0.1) is 6.20 Å². The van der Waals surface area contributed by atoms with E-state index in [1.165, 1.54) is 0 Å². The van der Waals surface area contributed by atoms with Gasteiger partial charge < -0.3 is 4.74 Å². The lowest BCUT2D eigenvalue weighted by atomic mass is 10.1. The Bertz CT molecular complexity index is 861. The molecule has 0 saturated carbocycles. The number of hydrogen-bond acceptors (Lipinski definition) is 3. The molecule has 2 aromatic carbocycles. The number of ether oxygens (including phenoxy) is 1. The fourth-order valence-corrected chi connectivity index (χ4v) is 2.41. The number of aromatic nitrogens is 2. The van der Waals surface area contributed by atoms with Gasteiger partial charge in [-0.05, 0) is 31.0 Å². The standard InChI is InChI=1S/C20H19N2O2/c1-15-7-6-10-19(16(15)2)24-20-13-21-11-12-22(20)14-18(23)17-8-4-3-5-9-17/h3-13H,14H2,1-2H3/q+1. The molecular formula is C20H19N2O2+. The average Bonchev–Trinajstić information content (AvgIpc) is 2.61. The Morgan fingerprint density at radius 1 is 1.08 bits per heavy atom. The van der Waals surface area contributed by atoms with Gasteiger partial charge in [-0.25, -0.2) is 4.98 Å². The highest BCUT2D eigenvalue weighted by molar-refractivity contribution is 5.94. The first kappa shape index (κ1) is 15.9. The van der Waals surface area contributed by atoms with Crippen LogP contribution >= 0.6 is 0 Å².